The Bertz CT molecular complexity index is 3190. The van der Waals surface area contributed by atoms with Gasteiger partial charge in [0.05, 0.1) is 44.2 Å². The summed E-state index contributed by atoms with van der Waals surface area (Å²) in [7, 11) is 11.1. The molecule has 7 aliphatic rings. The number of amides is 12. The number of alkyl halides is 3. The van der Waals surface area contributed by atoms with Crippen LogP contribution in [-0.4, -0.2) is 296 Å². The number of nitrogens with zero attached hydrogens (tertiary/aromatic N) is 9. The van der Waals surface area contributed by atoms with Crippen molar-refractivity contribution in [3.8, 4) is 0 Å². The highest BCUT2D eigenvalue weighted by atomic mass is 19.4. The van der Waals surface area contributed by atoms with Crippen LogP contribution in [0, 0.1) is 40.9 Å². The lowest BCUT2D eigenvalue weighted by Gasteiger charge is -2.54. The van der Waals surface area contributed by atoms with Gasteiger partial charge in [-0.25, -0.2) is 0 Å². The van der Waals surface area contributed by atoms with Crippen molar-refractivity contribution >= 4 is 70.9 Å². The zero-order valence-corrected chi connectivity index (χ0v) is 67.2. The Morgan fingerprint density at radius 3 is 1.91 bits per heavy atom. The smallest absolute Gasteiger partial charge is 0.382 e. The summed E-state index contributed by atoms with van der Waals surface area (Å²) in [6, 6.07) is -10.5. The second-order valence-electron chi connectivity index (χ2n) is 33.0. The van der Waals surface area contributed by atoms with Gasteiger partial charge in [0.1, 0.15) is 53.9 Å². The summed E-state index contributed by atoms with van der Waals surface area (Å²) < 4.78 is 60.2. The van der Waals surface area contributed by atoms with Gasteiger partial charge in [-0.15, -0.1) is 0 Å². The standard InChI is InChI=1S/C78H127F3N12O15/c1-17-49(6)65-73(103)86(10)44-64(96)87(11)56-28-22-21-25-37-92(72(56)102)59(38-50-31-29-48(5)30-32-50)70(100)85(9)43-62(94)82-55(36-34-51-33-35-54(78(79,80)81)61(39-51)107-16)69(99)93-42-53(108-20-4)40-57(93)68(98)84-77(46-76(7,8)47-77)75(105)90(14)66(52-26-23-24-27-52)74(104)89(13)58(71(101)91(18-2)19-3)41-63(95)88(12)60(45-106-15)67(97)83-65/h21-22,48-61,65-66H,17-20,23-47H2,1-16H3,(H,82,94)(H,83,97)(H,84,98)/b22-21-/t48?,49-,50?,51?,53+,54?,55-,56-,57-,58-,59-,60-,61?,65-,66-/m0/s1. The fraction of sp³-hybridized carbons (Fsp3) is 0.821. The molecule has 610 valence electrons. The van der Waals surface area contributed by atoms with Gasteiger partial charge in [0, 0.05) is 95.7 Å². The molecule has 0 aromatic heterocycles. The molecule has 0 aromatic rings. The van der Waals surface area contributed by atoms with Crippen LogP contribution in [0.25, 0.3) is 0 Å². The highest BCUT2D eigenvalue weighted by Gasteiger charge is 2.60. The lowest BCUT2D eigenvalue weighted by molar-refractivity contribution is -0.215. The zero-order chi connectivity index (χ0) is 80.0. The summed E-state index contributed by atoms with van der Waals surface area (Å²) in [6.45, 7) is 13.8. The first-order chi connectivity index (χ1) is 50.9. The number of hydrogen-bond acceptors (Lipinski definition) is 15. The third-order valence-corrected chi connectivity index (χ3v) is 24.7. The van der Waals surface area contributed by atoms with Crippen molar-refractivity contribution in [2.45, 2.75) is 262 Å². The van der Waals surface area contributed by atoms with E-state index in [1.807, 2.05) is 26.8 Å². The van der Waals surface area contributed by atoms with E-state index in [0.29, 0.717) is 44.4 Å². The molecule has 3 heterocycles. The van der Waals surface area contributed by atoms with Crippen molar-refractivity contribution in [1.82, 2.24) is 60.0 Å². The summed E-state index contributed by atoms with van der Waals surface area (Å²) in [5.41, 5.74) is -2.20. The van der Waals surface area contributed by atoms with E-state index in [0.717, 1.165) is 35.5 Å². The topological polar surface area (TPSA) is 298 Å². The van der Waals surface area contributed by atoms with Crippen molar-refractivity contribution in [1.29, 1.82) is 0 Å². The number of hydrogen-bond donors (Lipinski definition) is 3. The van der Waals surface area contributed by atoms with Gasteiger partial charge in [-0.1, -0.05) is 91.7 Å². The second-order valence-corrected chi connectivity index (χ2v) is 33.0. The van der Waals surface area contributed by atoms with Gasteiger partial charge in [0.15, 0.2) is 0 Å². The summed E-state index contributed by atoms with van der Waals surface area (Å²) in [5, 5.41) is 8.83. The number of carbonyl (C=O) groups is 12. The van der Waals surface area contributed by atoms with Crippen LogP contribution in [0.2, 0.25) is 0 Å². The molecule has 0 radical (unpaired) electrons. The van der Waals surface area contributed by atoms with Crippen molar-refractivity contribution in [2.24, 2.45) is 40.9 Å². The van der Waals surface area contributed by atoms with Crippen molar-refractivity contribution in [3.63, 3.8) is 0 Å². The van der Waals surface area contributed by atoms with Crippen molar-refractivity contribution in [3.05, 3.63) is 12.2 Å². The molecule has 108 heavy (non-hydrogen) atoms. The largest absolute Gasteiger partial charge is 0.394 e. The molecular formula is C78H127F3N12O15. The number of fused-ring (bicyclic) bond motifs is 3. The minimum absolute atomic E-state index is 0.00779. The molecule has 2 saturated heterocycles. The molecule has 0 aromatic carbocycles. The van der Waals surface area contributed by atoms with Crippen LogP contribution in [0.1, 0.15) is 190 Å². The number of methoxy groups -OCH3 is 2. The first kappa shape index (κ1) is 88.3. The first-order valence-corrected chi connectivity index (χ1v) is 39.6. The van der Waals surface area contributed by atoms with Crippen LogP contribution in [0.4, 0.5) is 13.2 Å². The van der Waals surface area contributed by atoms with E-state index < -0.39 is 192 Å². The first-order valence-electron chi connectivity index (χ1n) is 39.6. The molecule has 6 fully saturated rings. The Balaban J connectivity index is 1.34. The van der Waals surface area contributed by atoms with Crippen molar-refractivity contribution in [2.75, 3.05) is 109 Å². The van der Waals surface area contributed by atoms with Crippen LogP contribution >= 0.6 is 0 Å². The van der Waals surface area contributed by atoms with Crippen molar-refractivity contribution < 1.29 is 84.9 Å². The van der Waals surface area contributed by atoms with Gasteiger partial charge in [-0.3, -0.25) is 57.5 Å². The fourth-order valence-corrected chi connectivity index (χ4v) is 18.1. The highest BCUT2D eigenvalue weighted by molar-refractivity contribution is 6.01. The maximum absolute atomic E-state index is 15.9. The Labute approximate surface area is 637 Å². The molecule has 12 amide bonds. The summed E-state index contributed by atoms with van der Waals surface area (Å²) in [6.07, 6.45) is 3.41. The van der Waals surface area contributed by atoms with Gasteiger partial charge in [-0.2, -0.15) is 13.2 Å². The molecule has 3 unspecified atom stereocenters. The summed E-state index contributed by atoms with van der Waals surface area (Å²) in [4.78, 5) is 195. The van der Waals surface area contributed by atoms with E-state index in [-0.39, 0.29) is 110 Å². The molecule has 27 nitrogen and oxygen atoms in total. The SMILES string of the molecule is CCO[C@@H]1C[C@H]2C(=O)NC3(CC(C)(C)C3)C(=O)N(C)[C@@H](C3CCCC3)C(=O)N(C)[C@H](C(=O)N(CC)CC)CC(=O)N(C)[C@@H](COC)C(=O)N[C@@H]([C@@H](C)CC)C(=O)N(C)CC(=O)N(C)[C@H]3C/C=C\CCN(C3=O)[C@@H](CC3CCC(C)CC3)C(=O)N(C)CC(=O)N[C@@H](CCC3CCC(C(F)(F)F)C(OC)C3)C(=O)N2C1. The quantitative estimate of drug-likeness (QED) is 0.160. The predicted molar refractivity (Wildman–Crippen MR) is 397 cm³/mol. The minimum atomic E-state index is -4.53. The number of nitrogens with one attached hydrogen (secondary N) is 3. The lowest BCUT2D eigenvalue weighted by Crippen LogP contribution is -2.71. The van der Waals surface area contributed by atoms with Gasteiger partial charge in [-0.05, 0) is 133 Å². The Morgan fingerprint density at radius 1 is 0.676 bits per heavy atom. The molecule has 2 bridgehead atoms. The van der Waals surface area contributed by atoms with Crippen LogP contribution in [0.5, 0.6) is 0 Å². The third-order valence-electron chi connectivity index (χ3n) is 24.7. The monoisotopic (exact) mass is 1530 g/mol. The highest BCUT2D eigenvalue weighted by Crippen LogP contribution is 2.50. The molecular weight excluding hydrogens is 1400 g/mol. The maximum Gasteiger partial charge on any atom is 0.394 e. The van der Waals surface area contributed by atoms with Gasteiger partial charge < -0.3 is 74.3 Å². The van der Waals surface area contributed by atoms with E-state index >= 15 is 33.6 Å². The van der Waals surface area contributed by atoms with Gasteiger partial charge in [0.2, 0.25) is 70.9 Å². The molecule has 7 rings (SSSR count). The lowest BCUT2D eigenvalue weighted by atomic mass is 9.58. The average molecular weight is 1530 g/mol. The Morgan fingerprint density at radius 2 is 1.31 bits per heavy atom. The number of likely N-dealkylation sites (N-methyl/N-ethyl adjacent to an activating group) is 7. The number of ether oxygens (including phenoxy) is 3. The van der Waals surface area contributed by atoms with Crippen LogP contribution in [0.3, 0.4) is 0 Å². The van der Waals surface area contributed by atoms with Gasteiger partial charge in [0.25, 0.3) is 0 Å². The van der Waals surface area contributed by atoms with E-state index in [1.165, 1.54) is 90.8 Å². The van der Waals surface area contributed by atoms with Crippen LogP contribution < -0.4 is 16.0 Å². The van der Waals surface area contributed by atoms with E-state index in [4.69, 9.17) is 14.2 Å². The predicted octanol–water partition coefficient (Wildman–Crippen LogP) is 5.55. The second kappa shape index (κ2) is 38.8. The number of rotatable bonds is 16. The molecule has 4 saturated carbocycles. The van der Waals surface area contributed by atoms with Crippen LogP contribution in [-0.2, 0) is 71.7 Å². The van der Waals surface area contributed by atoms with Crippen LogP contribution in [0.15, 0.2) is 12.2 Å². The normalized spacial score (nSPS) is 31.6. The van der Waals surface area contributed by atoms with E-state index in [1.54, 1.807) is 33.8 Å². The summed E-state index contributed by atoms with van der Waals surface area (Å²) in [5.74, 6) is -10.7. The van der Waals surface area contributed by atoms with E-state index in [9.17, 15) is 37.1 Å². The molecule has 30 heteroatoms. The summed E-state index contributed by atoms with van der Waals surface area (Å²) >= 11 is 0. The Hall–Kier alpha value is -6.95. The molecule has 3 aliphatic heterocycles. The number of carbonyl (C=O) groups excluding carboxylic acids is 12. The Kier molecular flexibility index (Phi) is 31.7. The molecule has 13 atom stereocenters. The van der Waals surface area contributed by atoms with Gasteiger partial charge >= 0.3 is 6.18 Å². The maximum atomic E-state index is 15.9. The average Bonchev–Trinajstić information content (AvgIpc) is 0.942. The zero-order valence-electron chi connectivity index (χ0n) is 67.2. The third kappa shape index (κ3) is 21.4. The molecule has 4 aliphatic carbocycles. The molecule has 1 spiro atoms. The van der Waals surface area contributed by atoms with E-state index in [2.05, 4.69) is 22.9 Å². The molecule has 3 N–H and O–H groups in total. The number of halogens is 3. The fourth-order valence-electron chi connectivity index (χ4n) is 18.1. The minimum Gasteiger partial charge on any atom is -0.382 e.